The first-order valence-electron chi connectivity index (χ1n) is 8.80. The van der Waals surface area contributed by atoms with Gasteiger partial charge >= 0.3 is 0 Å². The molecule has 0 aliphatic carbocycles. The summed E-state index contributed by atoms with van der Waals surface area (Å²) in [7, 11) is 0. The minimum atomic E-state index is -0.0758. The van der Waals surface area contributed by atoms with Gasteiger partial charge in [0.2, 0.25) is 0 Å². The average Bonchev–Trinajstić information content (AvgIpc) is 2.62. The minimum absolute atomic E-state index is 0.00604. The van der Waals surface area contributed by atoms with Crippen LogP contribution < -0.4 is 16.1 Å². The van der Waals surface area contributed by atoms with Crippen molar-refractivity contribution in [3.63, 3.8) is 0 Å². The molecule has 0 saturated carbocycles. The Kier molecular flexibility index (Phi) is 4.72. The van der Waals surface area contributed by atoms with Crippen molar-refractivity contribution < 1.29 is 4.79 Å². The van der Waals surface area contributed by atoms with Crippen LogP contribution in [0.3, 0.4) is 0 Å². The van der Waals surface area contributed by atoms with Gasteiger partial charge in [-0.05, 0) is 68.0 Å². The van der Waals surface area contributed by atoms with E-state index in [0.29, 0.717) is 24.2 Å². The van der Waals surface area contributed by atoms with Crippen molar-refractivity contribution in [1.82, 2.24) is 15.6 Å². The van der Waals surface area contributed by atoms with Gasteiger partial charge in [0, 0.05) is 36.3 Å². The van der Waals surface area contributed by atoms with Crippen LogP contribution in [0.15, 0.2) is 23.3 Å². The summed E-state index contributed by atoms with van der Waals surface area (Å²) >= 11 is 0. The molecular formula is C21H25N3O2. The Hall–Kier alpha value is -2.82. The minimum Gasteiger partial charge on any atom is -0.385 e. The Bertz CT molecular complexity index is 984. The van der Waals surface area contributed by atoms with E-state index in [2.05, 4.69) is 43.3 Å². The van der Waals surface area contributed by atoms with Crippen LogP contribution in [0.5, 0.6) is 0 Å². The second kappa shape index (κ2) is 6.83. The Balaban J connectivity index is 1.95. The Morgan fingerprint density at radius 3 is 2.42 bits per heavy atom. The highest BCUT2D eigenvalue weighted by atomic mass is 16.1. The van der Waals surface area contributed by atoms with Crippen molar-refractivity contribution >= 4 is 11.5 Å². The highest BCUT2D eigenvalue weighted by Gasteiger charge is 2.26. The van der Waals surface area contributed by atoms with Crippen LogP contribution in [0.25, 0.3) is 5.57 Å². The number of pyridine rings is 1. The molecule has 2 heterocycles. The molecule has 26 heavy (non-hydrogen) atoms. The van der Waals surface area contributed by atoms with Crippen LogP contribution >= 0.6 is 0 Å². The predicted octanol–water partition coefficient (Wildman–Crippen LogP) is 2.68. The number of carbonyl (C=O) groups excluding carboxylic acids is 1. The Morgan fingerprint density at radius 1 is 1.04 bits per heavy atom. The molecule has 0 radical (unpaired) electrons. The molecule has 1 aromatic carbocycles. The number of benzene rings is 1. The van der Waals surface area contributed by atoms with E-state index in [1.165, 1.54) is 22.3 Å². The van der Waals surface area contributed by atoms with Gasteiger partial charge in [-0.3, -0.25) is 9.59 Å². The lowest BCUT2D eigenvalue weighted by Gasteiger charge is -2.26. The fourth-order valence-corrected chi connectivity index (χ4v) is 3.44. The molecule has 0 bridgehead atoms. The molecular weight excluding hydrogens is 326 g/mol. The topological polar surface area (TPSA) is 74.0 Å². The maximum absolute atomic E-state index is 12.5. The van der Waals surface area contributed by atoms with Gasteiger partial charge in [-0.25, -0.2) is 0 Å². The number of aromatic nitrogens is 1. The van der Waals surface area contributed by atoms with Crippen LogP contribution in [0, 0.1) is 34.6 Å². The molecule has 0 spiro atoms. The van der Waals surface area contributed by atoms with Crippen molar-refractivity contribution in [1.29, 1.82) is 0 Å². The zero-order valence-electron chi connectivity index (χ0n) is 16.0. The summed E-state index contributed by atoms with van der Waals surface area (Å²) in [6.45, 7) is 11.2. The summed E-state index contributed by atoms with van der Waals surface area (Å²) in [5, 5.41) is 6.14. The van der Waals surface area contributed by atoms with Crippen LogP contribution in [0.2, 0.25) is 0 Å². The van der Waals surface area contributed by atoms with E-state index in [4.69, 9.17) is 0 Å². The normalized spacial score (nSPS) is 15.0. The molecule has 1 aliphatic rings. The van der Waals surface area contributed by atoms with Gasteiger partial charge in [-0.1, -0.05) is 0 Å². The third kappa shape index (κ3) is 3.05. The van der Waals surface area contributed by atoms with Gasteiger partial charge in [0.05, 0.1) is 12.1 Å². The van der Waals surface area contributed by atoms with Gasteiger partial charge in [-0.2, -0.15) is 0 Å². The number of hydrogen-bond acceptors (Lipinski definition) is 3. The fraction of sp³-hybridized carbons (Fsp3) is 0.333. The number of nitrogens with one attached hydrogen (secondary N) is 3. The number of carbonyl (C=O) groups is 1. The number of aromatic amines is 1. The highest BCUT2D eigenvalue weighted by molar-refractivity contribution is 6.21. The van der Waals surface area contributed by atoms with E-state index in [1.54, 1.807) is 25.4 Å². The quantitative estimate of drug-likeness (QED) is 0.745. The van der Waals surface area contributed by atoms with E-state index in [-0.39, 0.29) is 11.3 Å². The lowest BCUT2D eigenvalue weighted by atomic mass is 9.83. The van der Waals surface area contributed by atoms with Gasteiger partial charge in [0.25, 0.3) is 5.91 Å². The molecule has 1 aliphatic heterocycles. The third-order valence-corrected chi connectivity index (χ3v) is 5.46. The molecule has 1 amide bonds. The first-order chi connectivity index (χ1) is 12.3. The second-order valence-electron chi connectivity index (χ2n) is 6.98. The summed E-state index contributed by atoms with van der Waals surface area (Å²) in [5.74, 6) is -0.0758. The lowest BCUT2D eigenvalue weighted by molar-refractivity contribution is -0.116. The zero-order chi connectivity index (χ0) is 19.0. The average molecular weight is 351 g/mol. The summed E-state index contributed by atoms with van der Waals surface area (Å²) in [6.07, 6.45) is 3.46. The molecule has 0 fully saturated rings. The largest absolute Gasteiger partial charge is 0.385 e. The standard InChI is InChI=1S/C21H25N3O2/c1-11-7-23-16(6-19(11)25)8-22-9-18-20-15(5)13(3)12(2)14(4)17(20)10-24-21(18)26/h6-7,9,22H,8,10H2,1-5H3,(H,23,25)(H,24,26)/b18-9-. The van der Waals surface area contributed by atoms with Gasteiger partial charge in [0.1, 0.15) is 0 Å². The second-order valence-corrected chi connectivity index (χ2v) is 6.98. The Labute approximate surface area is 153 Å². The van der Waals surface area contributed by atoms with E-state index >= 15 is 0 Å². The van der Waals surface area contributed by atoms with Gasteiger partial charge in [0.15, 0.2) is 5.43 Å². The molecule has 0 saturated heterocycles. The predicted molar refractivity (Wildman–Crippen MR) is 104 cm³/mol. The van der Waals surface area contributed by atoms with Gasteiger partial charge in [-0.15, -0.1) is 0 Å². The molecule has 2 aromatic rings. The molecule has 3 rings (SSSR count). The summed E-state index contributed by atoms with van der Waals surface area (Å²) in [5.41, 5.74) is 9.21. The maximum atomic E-state index is 12.5. The summed E-state index contributed by atoms with van der Waals surface area (Å²) in [6, 6.07) is 1.58. The number of H-pyrrole nitrogens is 1. The van der Waals surface area contributed by atoms with E-state index in [1.807, 2.05) is 0 Å². The summed E-state index contributed by atoms with van der Waals surface area (Å²) < 4.78 is 0. The monoisotopic (exact) mass is 351 g/mol. The van der Waals surface area contributed by atoms with Crippen LogP contribution in [0.4, 0.5) is 0 Å². The van der Waals surface area contributed by atoms with Gasteiger partial charge < -0.3 is 15.6 Å². The highest BCUT2D eigenvalue weighted by Crippen LogP contribution is 2.33. The molecule has 3 N–H and O–H groups in total. The molecule has 5 heteroatoms. The van der Waals surface area contributed by atoms with E-state index < -0.39 is 0 Å². The maximum Gasteiger partial charge on any atom is 0.253 e. The van der Waals surface area contributed by atoms with E-state index in [0.717, 1.165) is 16.8 Å². The van der Waals surface area contributed by atoms with Crippen LogP contribution in [-0.4, -0.2) is 10.9 Å². The number of rotatable bonds is 3. The number of fused-ring (bicyclic) bond motifs is 1. The van der Waals surface area contributed by atoms with Crippen molar-refractivity contribution in [3.8, 4) is 0 Å². The van der Waals surface area contributed by atoms with E-state index in [9.17, 15) is 9.59 Å². The molecule has 136 valence electrons. The number of hydrogen-bond donors (Lipinski definition) is 3. The van der Waals surface area contributed by atoms with Crippen LogP contribution in [-0.2, 0) is 17.9 Å². The Morgan fingerprint density at radius 2 is 1.73 bits per heavy atom. The van der Waals surface area contributed by atoms with Crippen molar-refractivity contribution in [2.75, 3.05) is 0 Å². The fourth-order valence-electron chi connectivity index (χ4n) is 3.44. The molecule has 0 atom stereocenters. The van der Waals surface area contributed by atoms with Crippen molar-refractivity contribution in [3.05, 3.63) is 73.3 Å². The molecule has 1 aromatic heterocycles. The smallest absolute Gasteiger partial charge is 0.253 e. The molecule has 0 unspecified atom stereocenters. The van der Waals surface area contributed by atoms with Crippen LogP contribution in [0.1, 0.15) is 44.6 Å². The lowest BCUT2D eigenvalue weighted by Crippen LogP contribution is -2.32. The first-order valence-corrected chi connectivity index (χ1v) is 8.80. The molecule has 5 nitrogen and oxygen atoms in total. The summed E-state index contributed by atoms with van der Waals surface area (Å²) in [4.78, 5) is 27.3. The van der Waals surface area contributed by atoms with Crippen molar-refractivity contribution in [2.45, 2.75) is 47.7 Å². The number of amides is 1. The van der Waals surface area contributed by atoms with Crippen molar-refractivity contribution in [2.24, 2.45) is 0 Å². The third-order valence-electron chi connectivity index (χ3n) is 5.46. The SMILES string of the molecule is Cc1c(C)c(C)c2c(c1C)CNC(=O)/C2=C\NCc1cc(=O)c(C)c[nH]1. The first kappa shape index (κ1) is 18.0. The number of aryl methyl sites for hydroxylation is 1. The zero-order valence-corrected chi connectivity index (χ0v) is 16.0.